The van der Waals surface area contributed by atoms with Crippen LogP contribution in [0.5, 0.6) is 0 Å². The molecule has 4 rings (SSSR count). The van der Waals surface area contributed by atoms with Crippen LogP contribution < -0.4 is 10.2 Å². The third kappa shape index (κ3) is 4.49. The Balaban J connectivity index is 1.46. The highest BCUT2D eigenvalue weighted by molar-refractivity contribution is 7.89. The molecule has 11 heteroatoms. The van der Waals surface area contributed by atoms with Crippen molar-refractivity contribution >= 4 is 50.7 Å². The Kier molecular flexibility index (Phi) is 6.05. The second-order valence-corrected chi connectivity index (χ2v) is 9.32. The molecule has 0 spiro atoms. The van der Waals surface area contributed by atoms with Crippen molar-refractivity contribution < 1.29 is 8.42 Å². The van der Waals surface area contributed by atoms with Gasteiger partial charge in [-0.15, -0.1) is 0 Å². The Hall–Kier alpha value is -2.46. The van der Waals surface area contributed by atoms with E-state index in [9.17, 15) is 8.42 Å². The molecule has 1 fully saturated rings. The minimum absolute atomic E-state index is 0.0222. The summed E-state index contributed by atoms with van der Waals surface area (Å²) < 4.78 is 27.4. The molecule has 3 aromatic rings. The summed E-state index contributed by atoms with van der Waals surface area (Å²) in [5.74, 6) is 2.00. The first-order valence-corrected chi connectivity index (χ1v) is 11.3. The number of hydrogen-bond donors (Lipinski definition) is 1. The van der Waals surface area contributed by atoms with Crippen LogP contribution in [0.2, 0.25) is 10.0 Å². The smallest absolute Gasteiger partial charge is 0.244 e. The second-order valence-electron chi connectivity index (χ2n) is 6.57. The molecule has 3 heterocycles. The first-order chi connectivity index (χ1) is 14.4. The van der Waals surface area contributed by atoms with Gasteiger partial charge in [0.25, 0.3) is 0 Å². The quantitative estimate of drug-likeness (QED) is 0.617. The lowest BCUT2D eigenvalue weighted by Crippen LogP contribution is -2.49. The zero-order chi connectivity index (χ0) is 21.1. The molecule has 0 bridgehead atoms. The molecule has 1 aromatic carbocycles. The van der Waals surface area contributed by atoms with Gasteiger partial charge in [-0.05, 0) is 30.3 Å². The molecule has 1 aliphatic rings. The van der Waals surface area contributed by atoms with Crippen LogP contribution in [0, 0.1) is 0 Å². The average molecular weight is 465 g/mol. The highest BCUT2D eigenvalue weighted by Gasteiger charge is 2.30. The molecule has 1 saturated heterocycles. The number of halogens is 2. The lowest BCUT2D eigenvalue weighted by Gasteiger charge is -2.34. The highest BCUT2D eigenvalue weighted by atomic mass is 35.5. The number of pyridine rings is 1. The van der Waals surface area contributed by atoms with E-state index in [2.05, 4.69) is 20.3 Å². The normalized spacial score (nSPS) is 15.2. The Bertz CT molecular complexity index is 1140. The Morgan fingerprint density at radius 1 is 0.900 bits per heavy atom. The molecular weight excluding hydrogens is 447 g/mol. The number of rotatable bonds is 5. The average Bonchev–Trinajstić information content (AvgIpc) is 2.76. The van der Waals surface area contributed by atoms with Crippen LogP contribution in [0.25, 0.3) is 0 Å². The minimum atomic E-state index is -3.73. The minimum Gasteiger partial charge on any atom is -0.354 e. The molecule has 0 atom stereocenters. The van der Waals surface area contributed by atoms with Crippen molar-refractivity contribution in [1.82, 2.24) is 19.3 Å². The summed E-state index contributed by atoms with van der Waals surface area (Å²) in [6.45, 7) is 1.57. The SMILES string of the molecule is O=S(=O)(c1cc(Cl)ccc1Cl)N1CCN(c2cc(Nc3ccccn3)ncn2)CC1. The Labute approximate surface area is 184 Å². The maximum absolute atomic E-state index is 13.0. The third-order valence-electron chi connectivity index (χ3n) is 4.65. The number of piperazine rings is 1. The van der Waals surface area contributed by atoms with Gasteiger partial charge in [-0.3, -0.25) is 0 Å². The van der Waals surface area contributed by atoms with Crippen molar-refractivity contribution in [2.45, 2.75) is 4.90 Å². The van der Waals surface area contributed by atoms with Gasteiger partial charge in [0.05, 0.1) is 5.02 Å². The molecule has 2 aromatic heterocycles. The summed E-state index contributed by atoms with van der Waals surface area (Å²) in [5, 5.41) is 3.61. The van der Waals surface area contributed by atoms with Gasteiger partial charge >= 0.3 is 0 Å². The van der Waals surface area contributed by atoms with Crippen LogP contribution in [-0.4, -0.2) is 53.9 Å². The van der Waals surface area contributed by atoms with E-state index in [1.165, 1.54) is 22.8 Å². The van der Waals surface area contributed by atoms with Crippen molar-refractivity contribution in [3.63, 3.8) is 0 Å². The van der Waals surface area contributed by atoms with Crippen molar-refractivity contribution in [3.05, 3.63) is 65.0 Å². The van der Waals surface area contributed by atoms with Crippen molar-refractivity contribution in [3.8, 4) is 0 Å². The summed E-state index contributed by atoms with van der Waals surface area (Å²) in [4.78, 5) is 14.8. The van der Waals surface area contributed by atoms with E-state index in [1.807, 2.05) is 29.2 Å². The molecular formula is C19H18Cl2N6O2S. The van der Waals surface area contributed by atoms with E-state index in [0.717, 1.165) is 0 Å². The van der Waals surface area contributed by atoms with Crippen LogP contribution in [0.15, 0.2) is 59.9 Å². The van der Waals surface area contributed by atoms with E-state index in [0.29, 0.717) is 48.7 Å². The van der Waals surface area contributed by atoms with Crippen LogP contribution in [0.3, 0.4) is 0 Å². The van der Waals surface area contributed by atoms with E-state index in [-0.39, 0.29) is 9.92 Å². The van der Waals surface area contributed by atoms with Crippen LogP contribution >= 0.6 is 23.2 Å². The number of aromatic nitrogens is 3. The van der Waals surface area contributed by atoms with Gasteiger partial charge in [-0.25, -0.2) is 23.4 Å². The fourth-order valence-electron chi connectivity index (χ4n) is 3.13. The van der Waals surface area contributed by atoms with Gasteiger partial charge < -0.3 is 10.2 Å². The lowest BCUT2D eigenvalue weighted by atomic mass is 10.3. The maximum atomic E-state index is 13.0. The predicted molar refractivity (Wildman–Crippen MR) is 117 cm³/mol. The van der Waals surface area contributed by atoms with E-state index in [1.54, 1.807) is 12.3 Å². The van der Waals surface area contributed by atoms with E-state index in [4.69, 9.17) is 23.2 Å². The number of sulfonamides is 1. The van der Waals surface area contributed by atoms with Gasteiger partial charge in [0.2, 0.25) is 10.0 Å². The topological polar surface area (TPSA) is 91.3 Å². The standard InChI is InChI=1S/C19H18Cl2N6O2S/c20-14-4-5-15(21)16(11-14)30(28,29)27-9-7-26(8-10-27)19-12-18(23-13-24-19)25-17-3-1-2-6-22-17/h1-6,11-13H,7-10H2,(H,22,23,24,25). The van der Waals surface area contributed by atoms with Crippen LogP contribution in [0.4, 0.5) is 17.5 Å². The summed E-state index contributed by atoms with van der Waals surface area (Å²) in [7, 11) is -3.73. The van der Waals surface area contributed by atoms with Crippen molar-refractivity contribution in [2.75, 3.05) is 36.4 Å². The molecule has 1 aliphatic heterocycles. The van der Waals surface area contributed by atoms with Gasteiger partial charge in [-0.1, -0.05) is 29.3 Å². The van der Waals surface area contributed by atoms with Crippen LogP contribution in [-0.2, 0) is 10.0 Å². The van der Waals surface area contributed by atoms with Crippen LogP contribution in [0.1, 0.15) is 0 Å². The molecule has 1 N–H and O–H groups in total. The van der Waals surface area contributed by atoms with E-state index < -0.39 is 10.0 Å². The number of anilines is 3. The van der Waals surface area contributed by atoms with Crippen molar-refractivity contribution in [2.24, 2.45) is 0 Å². The Morgan fingerprint density at radius 2 is 1.70 bits per heavy atom. The molecule has 0 radical (unpaired) electrons. The summed E-state index contributed by atoms with van der Waals surface area (Å²) in [6, 6.07) is 11.8. The zero-order valence-corrected chi connectivity index (χ0v) is 18.1. The number of benzene rings is 1. The van der Waals surface area contributed by atoms with Gasteiger partial charge in [-0.2, -0.15) is 4.31 Å². The van der Waals surface area contributed by atoms with Gasteiger partial charge in [0.1, 0.15) is 28.7 Å². The number of nitrogens with zero attached hydrogens (tertiary/aromatic N) is 5. The largest absolute Gasteiger partial charge is 0.354 e. The molecule has 156 valence electrons. The summed E-state index contributed by atoms with van der Waals surface area (Å²) >= 11 is 12.1. The summed E-state index contributed by atoms with van der Waals surface area (Å²) in [5.41, 5.74) is 0. The Morgan fingerprint density at radius 3 is 2.43 bits per heavy atom. The number of nitrogens with one attached hydrogen (secondary N) is 1. The zero-order valence-electron chi connectivity index (χ0n) is 15.7. The fourth-order valence-corrected chi connectivity index (χ4v) is 5.29. The first-order valence-electron chi connectivity index (χ1n) is 9.14. The molecule has 0 amide bonds. The predicted octanol–water partition coefficient (Wildman–Crippen LogP) is 3.43. The van der Waals surface area contributed by atoms with Gasteiger partial charge in [0.15, 0.2) is 0 Å². The first kappa shape index (κ1) is 20.8. The monoisotopic (exact) mass is 464 g/mol. The molecule has 0 saturated carbocycles. The maximum Gasteiger partial charge on any atom is 0.244 e. The molecule has 0 aliphatic carbocycles. The summed E-state index contributed by atoms with van der Waals surface area (Å²) in [6.07, 6.45) is 3.16. The fraction of sp³-hybridized carbons (Fsp3) is 0.211. The highest BCUT2D eigenvalue weighted by Crippen LogP contribution is 2.29. The van der Waals surface area contributed by atoms with Gasteiger partial charge in [0, 0.05) is 43.5 Å². The van der Waals surface area contributed by atoms with Crippen molar-refractivity contribution in [1.29, 1.82) is 0 Å². The second kappa shape index (κ2) is 8.73. The molecule has 8 nitrogen and oxygen atoms in total. The molecule has 0 unspecified atom stereocenters. The lowest BCUT2D eigenvalue weighted by molar-refractivity contribution is 0.384. The molecule has 30 heavy (non-hydrogen) atoms. The van der Waals surface area contributed by atoms with E-state index >= 15 is 0 Å². The third-order valence-corrected chi connectivity index (χ3v) is 7.26. The number of hydrogen-bond acceptors (Lipinski definition) is 7.